The molecule has 2 bridgehead atoms. The molecule has 2 rings (SSSR count). The number of alkyl halides is 1. The number of urea groups is 1. The molecule has 1 saturated heterocycles. The number of hydrogen-bond donors (Lipinski definition) is 1. The van der Waals surface area contributed by atoms with Gasteiger partial charge in [0.15, 0.2) is 0 Å². The molecule has 2 N–H and O–H groups in total. The summed E-state index contributed by atoms with van der Waals surface area (Å²) < 4.78 is 28.1. The highest BCUT2D eigenvalue weighted by atomic mass is 19.1. The number of carbonyl (C=O) groups excluding carboxylic acids is 4. The van der Waals surface area contributed by atoms with Crippen molar-refractivity contribution in [3.8, 4) is 0 Å². The summed E-state index contributed by atoms with van der Waals surface area (Å²) in [7, 11) is 0. The standard InChI is InChI=1S/C16H22FN3O8/c1-7(2)25-16(24)27-9(4)26-14(22)12(17)28-20-10-5-8(3)11(13(18)21)19(6-10)15(20)23/h5,7,9-12H,6H2,1-4H3,(H2,18,21)/t9?,10?,11-,12-/m0/s1. The van der Waals surface area contributed by atoms with Gasteiger partial charge in [-0.3, -0.25) is 4.79 Å². The van der Waals surface area contributed by atoms with E-state index in [9.17, 15) is 23.6 Å². The number of carbonyl (C=O) groups is 4. The van der Waals surface area contributed by atoms with Crippen LogP contribution in [0.25, 0.3) is 0 Å². The van der Waals surface area contributed by atoms with Crippen molar-refractivity contribution in [2.45, 2.75) is 58.5 Å². The molecule has 4 atom stereocenters. The minimum Gasteiger partial charge on any atom is -0.431 e. The zero-order chi connectivity index (χ0) is 21.2. The molecule has 0 saturated carbocycles. The molecule has 0 spiro atoms. The molecule has 2 aliphatic heterocycles. The number of fused-ring (bicyclic) bond motifs is 2. The van der Waals surface area contributed by atoms with E-state index in [-0.39, 0.29) is 6.54 Å². The number of nitrogens with zero attached hydrogens (tertiary/aromatic N) is 2. The Morgan fingerprint density at radius 3 is 2.43 bits per heavy atom. The second-order valence-corrected chi connectivity index (χ2v) is 6.50. The largest absolute Gasteiger partial charge is 0.511 e. The van der Waals surface area contributed by atoms with Crippen molar-refractivity contribution >= 4 is 24.1 Å². The molecule has 0 aromatic rings. The van der Waals surface area contributed by atoms with Gasteiger partial charge in [-0.15, -0.1) is 0 Å². The molecule has 0 aromatic heterocycles. The van der Waals surface area contributed by atoms with Crippen LogP contribution < -0.4 is 5.73 Å². The topological polar surface area (TPSA) is 138 Å². The van der Waals surface area contributed by atoms with Crippen LogP contribution in [0, 0.1) is 0 Å². The fourth-order valence-electron chi connectivity index (χ4n) is 2.84. The van der Waals surface area contributed by atoms with E-state index >= 15 is 0 Å². The predicted molar refractivity (Wildman–Crippen MR) is 88.7 cm³/mol. The van der Waals surface area contributed by atoms with Crippen molar-refractivity contribution in [3.63, 3.8) is 0 Å². The van der Waals surface area contributed by atoms with Crippen molar-refractivity contribution in [1.29, 1.82) is 0 Å². The second-order valence-electron chi connectivity index (χ2n) is 6.50. The Bertz CT molecular complexity index is 697. The van der Waals surface area contributed by atoms with Gasteiger partial charge >= 0.3 is 24.5 Å². The molecule has 3 amide bonds. The maximum absolute atomic E-state index is 14.1. The highest BCUT2D eigenvalue weighted by Gasteiger charge is 2.48. The lowest BCUT2D eigenvalue weighted by molar-refractivity contribution is -0.234. The van der Waals surface area contributed by atoms with Gasteiger partial charge in [-0.1, -0.05) is 6.08 Å². The maximum Gasteiger partial charge on any atom is 0.511 e. The van der Waals surface area contributed by atoms with Crippen LogP contribution in [0.5, 0.6) is 0 Å². The van der Waals surface area contributed by atoms with Crippen LogP contribution in [-0.2, 0) is 28.6 Å². The lowest BCUT2D eigenvalue weighted by Crippen LogP contribution is -2.48. The summed E-state index contributed by atoms with van der Waals surface area (Å²) >= 11 is 0. The number of primary amides is 1. The summed E-state index contributed by atoms with van der Waals surface area (Å²) in [6, 6.07) is -2.49. The zero-order valence-corrected chi connectivity index (χ0v) is 15.8. The molecule has 2 aliphatic rings. The molecule has 2 heterocycles. The van der Waals surface area contributed by atoms with Crippen LogP contribution in [0.3, 0.4) is 0 Å². The Labute approximate surface area is 160 Å². The number of nitrogens with two attached hydrogens (primary N) is 1. The molecule has 0 aliphatic carbocycles. The Balaban J connectivity index is 1.93. The summed E-state index contributed by atoms with van der Waals surface area (Å²) in [6.45, 7) is 5.99. The van der Waals surface area contributed by atoms with Gasteiger partial charge in [0, 0.05) is 6.92 Å². The molecule has 0 aromatic carbocycles. The van der Waals surface area contributed by atoms with Crippen molar-refractivity contribution < 1.29 is 42.6 Å². The van der Waals surface area contributed by atoms with Gasteiger partial charge < -0.3 is 24.8 Å². The number of halogens is 1. The van der Waals surface area contributed by atoms with Crippen LogP contribution >= 0.6 is 0 Å². The Morgan fingerprint density at radius 1 is 1.21 bits per heavy atom. The summed E-state index contributed by atoms with van der Waals surface area (Å²) in [5, 5.41) is 0.636. The van der Waals surface area contributed by atoms with E-state index in [1.807, 2.05) is 0 Å². The summed E-state index contributed by atoms with van der Waals surface area (Å²) in [5.74, 6) is -2.25. The minimum absolute atomic E-state index is 0.0477. The number of amides is 3. The first-order valence-corrected chi connectivity index (χ1v) is 8.47. The highest BCUT2D eigenvalue weighted by molar-refractivity contribution is 5.90. The first-order valence-electron chi connectivity index (χ1n) is 8.47. The van der Waals surface area contributed by atoms with Gasteiger partial charge in [0.2, 0.25) is 12.2 Å². The third-order valence-electron chi connectivity index (χ3n) is 3.85. The van der Waals surface area contributed by atoms with Crippen molar-refractivity contribution in [1.82, 2.24) is 9.96 Å². The third-order valence-corrected chi connectivity index (χ3v) is 3.85. The van der Waals surface area contributed by atoms with E-state index in [1.54, 1.807) is 20.8 Å². The lowest BCUT2D eigenvalue weighted by Gasteiger charge is -2.27. The monoisotopic (exact) mass is 403 g/mol. The van der Waals surface area contributed by atoms with Crippen LogP contribution in [0.15, 0.2) is 11.6 Å². The van der Waals surface area contributed by atoms with Crippen LogP contribution in [0.1, 0.15) is 27.7 Å². The van der Waals surface area contributed by atoms with Crippen molar-refractivity contribution in [3.05, 3.63) is 11.6 Å². The Kier molecular flexibility index (Phi) is 6.44. The molecule has 2 unspecified atom stereocenters. The van der Waals surface area contributed by atoms with Gasteiger partial charge in [0.05, 0.1) is 18.7 Å². The van der Waals surface area contributed by atoms with E-state index in [0.29, 0.717) is 10.6 Å². The number of hydrogen-bond acceptors (Lipinski definition) is 8. The smallest absolute Gasteiger partial charge is 0.431 e. The molecule has 11 nitrogen and oxygen atoms in total. The van der Waals surface area contributed by atoms with Gasteiger partial charge in [-0.2, -0.15) is 5.06 Å². The first kappa shape index (κ1) is 21.4. The number of esters is 1. The maximum atomic E-state index is 14.1. The lowest BCUT2D eigenvalue weighted by atomic mass is 10.0. The van der Waals surface area contributed by atoms with Gasteiger partial charge in [-0.05, 0) is 26.3 Å². The first-order chi connectivity index (χ1) is 13.0. The molecule has 156 valence electrons. The van der Waals surface area contributed by atoms with Crippen LogP contribution in [-0.4, -0.2) is 71.4 Å². The van der Waals surface area contributed by atoms with Crippen LogP contribution in [0.2, 0.25) is 0 Å². The normalized spacial score (nSPS) is 23.2. The van der Waals surface area contributed by atoms with E-state index in [0.717, 1.165) is 4.90 Å². The van der Waals surface area contributed by atoms with Gasteiger partial charge in [0.1, 0.15) is 6.04 Å². The molecular formula is C16H22FN3O8. The Hall–Kier alpha value is -2.89. The predicted octanol–water partition coefficient (Wildman–Crippen LogP) is 0.584. The van der Waals surface area contributed by atoms with Crippen LogP contribution in [0.4, 0.5) is 14.0 Å². The molecule has 12 heteroatoms. The van der Waals surface area contributed by atoms with E-state index in [2.05, 4.69) is 9.47 Å². The molecule has 1 fully saturated rings. The van der Waals surface area contributed by atoms with Crippen molar-refractivity contribution in [2.24, 2.45) is 5.73 Å². The quantitative estimate of drug-likeness (QED) is 0.370. The van der Waals surface area contributed by atoms with E-state index in [1.165, 1.54) is 13.0 Å². The number of ether oxygens (including phenoxy) is 3. The summed E-state index contributed by atoms with van der Waals surface area (Å²) in [6.07, 6.45) is -4.13. The van der Waals surface area contributed by atoms with E-state index < -0.39 is 54.9 Å². The number of hydroxylamine groups is 2. The zero-order valence-electron chi connectivity index (χ0n) is 15.8. The SMILES string of the molecule is CC1=CC2CN(C(=O)N2O[C@H](F)C(=O)OC(C)OC(=O)OC(C)C)[C@@H]1C(N)=O. The fraction of sp³-hybridized carbons (Fsp3) is 0.625. The fourth-order valence-corrected chi connectivity index (χ4v) is 2.84. The second kappa shape index (κ2) is 8.42. The minimum atomic E-state index is -2.67. The average molecular weight is 403 g/mol. The number of rotatable bonds is 7. The van der Waals surface area contributed by atoms with Gasteiger partial charge in [0.25, 0.3) is 0 Å². The Morgan fingerprint density at radius 2 is 1.86 bits per heavy atom. The summed E-state index contributed by atoms with van der Waals surface area (Å²) in [4.78, 5) is 52.9. The third kappa shape index (κ3) is 4.68. The van der Waals surface area contributed by atoms with Crippen molar-refractivity contribution in [2.75, 3.05) is 6.54 Å². The van der Waals surface area contributed by atoms with Gasteiger partial charge in [-0.25, -0.2) is 23.6 Å². The molecule has 0 radical (unpaired) electrons. The molecule has 28 heavy (non-hydrogen) atoms. The highest BCUT2D eigenvalue weighted by Crippen LogP contribution is 2.30. The van der Waals surface area contributed by atoms with E-state index in [4.69, 9.17) is 15.3 Å². The molecular weight excluding hydrogens is 381 g/mol. The average Bonchev–Trinajstić information content (AvgIpc) is 2.78. The summed E-state index contributed by atoms with van der Waals surface area (Å²) in [5.41, 5.74) is 5.80.